The number of esters is 1. The normalized spacial score (nSPS) is 31.1. The van der Waals surface area contributed by atoms with Gasteiger partial charge >= 0.3 is 5.97 Å². The summed E-state index contributed by atoms with van der Waals surface area (Å²) >= 11 is 15.5. The van der Waals surface area contributed by atoms with Crippen LogP contribution in [-0.4, -0.2) is 18.1 Å². The Balaban J connectivity index is 2.40. The lowest BCUT2D eigenvalue weighted by molar-refractivity contribution is -0.143. The van der Waals surface area contributed by atoms with Crippen molar-refractivity contribution < 1.29 is 14.3 Å². The van der Waals surface area contributed by atoms with Gasteiger partial charge in [0.2, 0.25) is 0 Å². The Labute approximate surface area is 117 Å². The predicted octanol–water partition coefficient (Wildman–Crippen LogP) is 3.46. The summed E-state index contributed by atoms with van der Waals surface area (Å²) in [5, 5.41) is -1.01. The van der Waals surface area contributed by atoms with Crippen molar-refractivity contribution >= 4 is 45.1 Å². The van der Waals surface area contributed by atoms with Crippen molar-refractivity contribution in [2.45, 2.75) is 17.6 Å². The molecule has 3 nitrogen and oxygen atoms in total. The number of alkyl halides is 1. The fraction of sp³-hybridized carbons (Fsp3) is 0.364. The molecule has 2 rings (SSSR count). The van der Waals surface area contributed by atoms with Crippen LogP contribution in [0.5, 0.6) is 0 Å². The summed E-state index contributed by atoms with van der Waals surface area (Å²) in [5.41, 5.74) is -0.304. The molecule has 1 saturated heterocycles. The molecule has 0 N–H and O–H groups in total. The molecule has 0 spiro atoms. The van der Waals surface area contributed by atoms with E-state index in [0.717, 1.165) is 4.47 Å². The first-order valence-corrected chi connectivity index (χ1v) is 6.33. The molecule has 2 atom stereocenters. The average Bonchev–Trinajstić information content (AvgIpc) is 2.82. The second-order valence-corrected chi connectivity index (χ2v) is 5.70. The standard InChI is InChI=1S/C11H9BrCl2O3/c1-10(11(14,17-10)9(15)16-2)7-4-3-6(12)5-8(7)13/h3-5H,1-2H3. The zero-order valence-electron chi connectivity index (χ0n) is 9.09. The minimum absolute atomic E-state index is 0.480. The molecule has 0 amide bonds. The first-order valence-electron chi connectivity index (χ1n) is 4.78. The fourth-order valence-electron chi connectivity index (χ4n) is 1.73. The maximum absolute atomic E-state index is 11.5. The van der Waals surface area contributed by atoms with Crippen molar-refractivity contribution in [1.82, 2.24) is 0 Å². The number of methoxy groups -OCH3 is 1. The monoisotopic (exact) mass is 338 g/mol. The lowest BCUT2D eigenvalue weighted by atomic mass is 9.97. The lowest BCUT2D eigenvalue weighted by Crippen LogP contribution is -2.27. The van der Waals surface area contributed by atoms with Gasteiger partial charge in [-0.05, 0) is 19.1 Å². The van der Waals surface area contributed by atoms with Gasteiger partial charge < -0.3 is 9.47 Å². The van der Waals surface area contributed by atoms with Crippen LogP contribution in [0, 0.1) is 0 Å². The SMILES string of the molecule is COC(=O)C1(Cl)OC1(C)c1ccc(Br)cc1Cl. The van der Waals surface area contributed by atoms with Gasteiger partial charge in [-0.25, -0.2) is 4.79 Å². The van der Waals surface area contributed by atoms with Crippen molar-refractivity contribution in [3.05, 3.63) is 33.3 Å². The van der Waals surface area contributed by atoms with Gasteiger partial charge in [0.1, 0.15) is 5.60 Å². The topological polar surface area (TPSA) is 38.8 Å². The quantitative estimate of drug-likeness (QED) is 0.470. The van der Waals surface area contributed by atoms with Crippen molar-refractivity contribution in [2.24, 2.45) is 0 Å². The third-order valence-electron chi connectivity index (χ3n) is 2.81. The van der Waals surface area contributed by atoms with E-state index < -0.39 is 16.6 Å². The number of epoxide rings is 1. The highest BCUT2D eigenvalue weighted by atomic mass is 79.9. The number of benzene rings is 1. The highest BCUT2D eigenvalue weighted by molar-refractivity contribution is 9.10. The van der Waals surface area contributed by atoms with Gasteiger partial charge in [-0.2, -0.15) is 0 Å². The molecule has 0 radical (unpaired) electrons. The fourth-order valence-corrected chi connectivity index (χ4v) is 2.92. The van der Waals surface area contributed by atoms with Gasteiger partial charge in [0.25, 0.3) is 5.06 Å². The van der Waals surface area contributed by atoms with Crippen LogP contribution >= 0.6 is 39.1 Å². The second-order valence-electron chi connectivity index (χ2n) is 3.85. The highest BCUT2D eigenvalue weighted by Crippen LogP contribution is 2.60. The lowest BCUT2D eigenvalue weighted by Gasteiger charge is -2.11. The molecule has 1 aromatic carbocycles. The van der Waals surface area contributed by atoms with Crippen LogP contribution in [0.15, 0.2) is 22.7 Å². The molecule has 1 aromatic rings. The minimum Gasteiger partial charge on any atom is -0.466 e. The van der Waals surface area contributed by atoms with E-state index in [1.165, 1.54) is 7.11 Å². The van der Waals surface area contributed by atoms with Crippen LogP contribution in [0.1, 0.15) is 12.5 Å². The predicted molar refractivity (Wildman–Crippen MR) is 68.2 cm³/mol. The number of rotatable bonds is 2. The van der Waals surface area contributed by atoms with E-state index in [-0.39, 0.29) is 0 Å². The highest BCUT2D eigenvalue weighted by Gasteiger charge is 2.74. The number of carbonyl (C=O) groups excluding carboxylic acids is 1. The molecule has 0 aromatic heterocycles. The maximum atomic E-state index is 11.5. The van der Waals surface area contributed by atoms with Gasteiger partial charge in [0, 0.05) is 15.1 Å². The molecule has 1 aliphatic rings. The average molecular weight is 340 g/mol. The van der Waals surface area contributed by atoms with Gasteiger partial charge in [-0.1, -0.05) is 45.2 Å². The molecule has 0 saturated carbocycles. The summed E-state index contributed by atoms with van der Waals surface area (Å²) in [6.07, 6.45) is 0. The largest absolute Gasteiger partial charge is 0.466 e. The van der Waals surface area contributed by atoms with Gasteiger partial charge in [0.15, 0.2) is 0 Å². The summed E-state index contributed by atoms with van der Waals surface area (Å²) in [7, 11) is 1.26. The van der Waals surface area contributed by atoms with Gasteiger partial charge in [-0.3, -0.25) is 0 Å². The molecule has 6 heteroatoms. The van der Waals surface area contributed by atoms with Crippen molar-refractivity contribution in [3.8, 4) is 0 Å². The molecule has 0 aliphatic carbocycles. The molecule has 0 bridgehead atoms. The van der Waals surface area contributed by atoms with E-state index in [1.807, 2.05) is 6.07 Å². The van der Waals surface area contributed by atoms with Crippen LogP contribution < -0.4 is 0 Å². The summed E-state index contributed by atoms with van der Waals surface area (Å²) in [6, 6.07) is 5.29. The Morgan fingerprint density at radius 2 is 2.18 bits per heavy atom. The first-order chi connectivity index (χ1) is 7.85. The van der Waals surface area contributed by atoms with E-state index in [1.54, 1.807) is 19.1 Å². The molecule has 17 heavy (non-hydrogen) atoms. The van der Waals surface area contributed by atoms with Gasteiger partial charge in [0.05, 0.1) is 7.11 Å². The number of hydrogen-bond donors (Lipinski definition) is 0. The van der Waals surface area contributed by atoms with Crippen LogP contribution in [0.3, 0.4) is 0 Å². The summed E-state index contributed by atoms with van der Waals surface area (Å²) < 4.78 is 10.8. The Bertz CT molecular complexity index is 494. The number of ether oxygens (including phenoxy) is 2. The van der Waals surface area contributed by atoms with E-state index >= 15 is 0 Å². The van der Waals surface area contributed by atoms with Crippen LogP contribution in [-0.2, 0) is 19.9 Å². The molecule has 1 heterocycles. The number of halogens is 3. The minimum atomic E-state index is -1.49. The van der Waals surface area contributed by atoms with Crippen LogP contribution in [0.4, 0.5) is 0 Å². The van der Waals surface area contributed by atoms with Crippen molar-refractivity contribution in [1.29, 1.82) is 0 Å². The zero-order chi connectivity index (χ0) is 12.8. The Kier molecular flexibility index (Phi) is 3.19. The van der Waals surface area contributed by atoms with Crippen molar-refractivity contribution in [2.75, 3.05) is 7.11 Å². The summed E-state index contributed by atoms with van der Waals surface area (Å²) in [6.45, 7) is 1.70. The van der Waals surface area contributed by atoms with E-state index in [4.69, 9.17) is 27.9 Å². The Morgan fingerprint density at radius 3 is 2.71 bits per heavy atom. The summed E-state index contributed by atoms with van der Waals surface area (Å²) in [4.78, 5) is 11.5. The number of hydrogen-bond acceptors (Lipinski definition) is 3. The van der Waals surface area contributed by atoms with Gasteiger partial charge in [-0.15, -0.1) is 0 Å². The Hall–Kier alpha value is -0.290. The molecule has 1 fully saturated rings. The molecule has 2 unspecified atom stereocenters. The smallest absolute Gasteiger partial charge is 0.357 e. The molecular formula is C11H9BrCl2O3. The third kappa shape index (κ3) is 1.87. The molecule has 92 valence electrons. The Morgan fingerprint density at radius 1 is 1.53 bits per heavy atom. The van der Waals surface area contributed by atoms with E-state index in [9.17, 15) is 4.79 Å². The molecular weight excluding hydrogens is 331 g/mol. The van der Waals surface area contributed by atoms with E-state index in [2.05, 4.69) is 20.7 Å². The second kappa shape index (κ2) is 4.12. The first kappa shape index (κ1) is 13.1. The summed E-state index contributed by atoms with van der Waals surface area (Å²) in [5.74, 6) is -0.624. The van der Waals surface area contributed by atoms with E-state index in [0.29, 0.717) is 10.6 Å². The maximum Gasteiger partial charge on any atom is 0.357 e. The van der Waals surface area contributed by atoms with Crippen LogP contribution in [0.2, 0.25) is 5.02 Å². The third-order valence-corrected chi connectivity index (χ3v) is 4.21. The number of carbonyl (C=O) groups is 1. The molecule has 1 aliphatic heterocycles. The van der Waals surface area contributed by atoms with Crippen LogP contribution in [0.25, 0.3) is 0 Å². The zero-order valence-corrected chi connectivity index (χ0v) is 12.2. The van der Waals surface area contributed by atoms with Crippen molar-refractivity contribution in [3.63, 3.8) is 0 Å².